The van der Waals surface area contributed by atoms with Gasteiger partial charge in [-0.2, -0.15) is 0 Å². The second-order valence-electron chi connectivity index (χ2n) is 11.2. The fourth-order valence-corrected chi connectivity index (χ4v) is 7.53. The fraction of sp³-hybridized carbons (Fsp3) is 0. The van der Waals surface area contributed by atoms with E-state index in [9.17, 15) is 0 Å². The molecule has 0 amide bonds. The molecule has 0 bridgehead atoms. The molecule has 1 aliphatic rings. The summed E-state index contributed by atoms with van der Waals surface area (Å²) in [4.78, 5) is 10.1. The molecule has 3 nitrogen and oxygen atoms in total. The molecule has 0 spiro atoms. The number of hydrogen-bond acceptors (Lipinski definition) is 3. The molecule has 4 heteroatoms. The summed E-state index contributed by atoms with van der Waals surface area (Å²) < 4.78 is 2.35. The Balaban J connectivity index is 1.23. The van der Waals surface area contributed by atoms with Gasteiger partial charge in [-0.3, -0.25) is 4.57 Å². The minimum Gasteiger partial charge on any atom is -0.306 e. The second-order valence-corrected chi connectivity index (χ2v) is 12.3. The van der Waals surface area contributed by atoms with Crippen LogP contribution in [0.15, 0.2) is 164 Å². The minimum absolute atomic E-state index is 0.950. The molecule has 0 saturated heterocycles. The molecule has 9 rings (SSSR count). The molecule has 1 aliphatic heterocycles. The number of para-hydroxylation sites is 3. The van der Waals surface area contributed by atoms with Crippen LogP contribution >= 0.6 is 11.3 Å². The van der Waals surface area contributed by atoms with E-state index >= 15 is 0 Å². The number of thiophene rings is 1. The maximum absolute atomic E-state index is 5.19. The molecule has 0 atom stereocenters. The summed E-state index contributed by atoms with van der Waals surface area (Å²) >= 11 is 1.83. The first-order chi connectivity index (χ1) is 22.3. The Morgan fingerprint density at radius 3 is 1.73 bits per heavy atom. The van der Waals surface area contributed by atoms with Crippen LogP contribution in [0.4, 0.5) is 17.1 Å². The lowest BCUT2D eigenvalue weighted by Gasteiger charge is -2.34. The summed E-state index contributed by atoms with van der Waals surface area (Å²) in [5.74, 6) is 0.950. The van der Waals surface area contributed by atoms with Gasteiger partial charge in [0.25, 0.3) is 0 Å². The van der Waals surface area contributed by atoms with Crippen molar-refractivity contribution in [1.29, 1.82) is 0 Å². The van der Waals surface area contributed by atoms with Crippen molar-refractivity contribution in [2.75, 3.05) is 4.90 Å². The highest BCUT2D eigenvalue weighted by atomic mass is 32.1. The number of fused-ring (bicyclic) bond motifs is 2. The van der Waals surface area contributed by atoms with Crippen molar-refractivity contribution in [3.63, 3.8) is 0 Å². The van der Waals surface area contributed by atoms with E-state index in [4.69, 9.17) is 4.98 Å². The molecule has 0 unspecified atom stereocenters. The van der Waals surface area contributed by atoms with Gasteiger partial charge in [0.15, 0.2) is 0 Å². The van der Waals surface area contributed by atoms with E-state index in [0.29, 0.717) is 0 Å². The smallest absolute Gasteiger partial charge is 0.145 e. The van der Waals surface area contributed by atoms with E-state index in [0.717, 1.165) is 45.2 Å². The second kappa shape index (κ2) is 10.5. The van der Waals surface area contributed by atoms with Gasteiger partial charge >= 0.3 is 0 Å². The zero-order valence-electron chi connectivity index (χ0n) is 24.3. The summed E-state index contributed by atoms with van der Waals surface area (Å²) in [6.45, 7) is 0. The van der Waals surface area contributed by atoms with Crippen molar-refractivity contribution in [3.8, 4) is 49.1 Å². The largest absolute Gasteiger partial charge is 0.306 e. The normalized spacial score (nSPS) is 12.0. The van der Waals surface area contributed by atoms with E-state index in [1.165, 1.54) is 32.0 Å². The molecule has 0 N–H and O–H groups in total. The van der Waals surface area contributed by atoms with Crippen molar-refractivity contribution in [3.05, 3.63) is 164 Å². The Kier molecular flexibility index (Phi) is 6.00. The maximum atomic E-state index is 5.19. The van der Waals surface area contributed by atoms with Crippen LogP contribution in [0.2, 0.25) is 0 Å². The highest BCUT2D eigenvalue weighted by Crippen LogP contribution is 2.51. The SMILES string of the molecule is c1ccc(-c2ccc(-c3ccc(-c4cccc5c4N(c4ccccc4)c4cccc6nc(-c7ccccc7)n-5c46)cc3)s2)cc1. The lowest BCUT2D eigenvalue weighted by molar-refractivity contribution is 1.06. The molecule has 212 valence electrons. The van der Waals surface area contributed by atoms with Crippen LogP contribution in [0.5, 0.6) is 0 Å². The third kappa shape index (κ3) is 4.22. The van der Waals surface area contributed by atoms with Crippen molar-refractivity contribution < 1.29 is 0 Å². The summed E-state index contributed by atoms with van der Waals surface area (Å²) in [6.07, 6.45) is 0. The molecule has 3 heterocycles. The molecule has 0 radical (unpaired) electrons. The molecule has 8 aromatic rings. The van der Waals surface area contributed by atoms with Crippen molar-refractivity contribution in [2.24, 2.45) is 0 Å². The van der Waals surface area contributed by atoms with Crippen LogP contribution < -0.4 is 4.90 Å². The van der Waals surface area contributed by atoms with E-state index < -0.39 is 0 Å². The Labute approximate surface area is 265 Å². The average Bonchev–Trinajstić information content (AvgIpc) is 3.77. The van der Waals surface area contributed by atoms with Gasteiger partial charge in [0.1, 0.15) is 5.82 Å². The Hall–Kier alpha value is -5.71. The van der Waals surface area contributed by atoms with Crippen molar-refractivity contribution >= 4 is 39.4 Å². The number of aromatic nitrogens is 2. The van der Waals surface area contributed by atoms with Crippen LogP contribution in [0, 0.1) is 0 Å². The molecule has 0 saturated carbocycles. The van der Waals surface area contributed by atoms with Crippen molar-refractivity contribution in [2.45, 2.75) is 0 Å². The van der Waals surface area contributed by atoms with Crippen molar-refractivity contribution in [1.82, 2.24) is 9.55 Å². The Morgan fingerprint density at radius 2 is 1.02 bits per heavy atom. The summed E-state index contributed by atoms with van der Waals surface area (Å²) in [5.41, 5.74) is 12.5. The third-order valence-corrected chi connectivity index (χ3v) is 9.75. The van der Waals surface area contributed by atoms with Gasteiger partial charge < -0.3 is 4.90 Å². The Bertz CT molecular complexity index is 2300. The van der Waals surface area contributed by atoms with Crippen LogP contribution in [0.3, 0.4) is 0 Å². The zero-order valence-corrected chi connectivity index (χ0v) is 25.2. The molecular weight excluding hydrogens is 567 g/mol. The lowest BCUT2D eigenvalue weighted by atomic mass is 9.97. The first-order valence-electron chi connectivity index (χ1n) is 15.1. The van der Waals surface area contributed by atoms with Crippen LogP contribution in [-0.4, -0.2) is 9.55 Å². The molecule has 0 fully saturated rings. The van der Waals surface area contributed by atoms with E-state index in [2.05, 4.69) is 173 Å². The number of nitrogens with zero attached hydrogens (tertiary/aromatic N) is 3. The molecule has 6 aromatic carbocycles. The highest BCUT2D eigenvalue weighted by molar-refractivity contribution is 7.18. The summed E-state index contributed by atoms with van der Waals surface area (Å²) in [6, 6.07) is 58.3. The first-order valence-corrected chi connectivity index (χ1v) is 16.0. The van der Waals surface area contributed by atoms with Gasteiger partial charge in [0.2, 0.25) is 0 Å². The molecule has 0 aliphatic carbocycles. The van der Waals surface area contributed by atoms with E-state index in [1.807, 2.05) is 11.3 Å². The van der Waals surface area contributed by atoms with Gasteiger partial charge in [0.05, 0.1) is 28.1 Å². The monoisotopic (exact) mass is 593 g/mol. The topological polar surface area (TPSA) is 21.1 Å². The number of hydrogen-bond donors (Lipinski definition) is 0. The molecular formula is C41H27N3S. The van der Waals surface area contributed by atoms with E-state index in [1.54, 1.807) is 0 Å². The number of benzene rings is 6. The number of rotatable bonds is 5. The van der Waals surface area contributed by atoms with E-state index in [-0.39, 0.29) is 0 Å². The van der Waals surface area contributed by atoms with Gasteiger partial charge in [0, 0.05) is 26.6 Å². The van der Waals surface area contributed by atoms with Gasteiger partial charge in [-0.15, -0.1) is 11.3 Å². The third-order valence-electron chi connectivity index (χ3n) is 8.57. The quantitative estimate of drug-likeness (QED) is 0.198. The lowest BCUT2D eigenvalue weighted by Crippen LogP contribution is -2.19. The zero-order chi connectivity index (χ0) is 29.7. The first kappa shape index (κ1) is 25.8. The molecule has 2 aromatic heterocycles. The van der Waals surface area contributed by atoms with Crippen LogP contribution in [0.25, 0.3) is 60.1 Å². The summed E-state index contributed by atoms with van der Waals surface area (Å²) in [5, 5.41) is 0. The van der Waals surface area contributed by atoms with Gasteiger partial charge in [-0.05, 0) is 59.2 Å². The van der Waals surface area contributed by atoms with Gasteiger partial charge in [-0.1, -0.05) is 121 Å². The minimum atomic E-state index is 0.950. The highest BCUT2D eigenvalue weighted by Gasteiger charge is 2.31. The summed E-state index contributed by atoms with van der Waals surface area (Å²) in [7, 11) is 0. The maximum Gasteiger partial charge on any atom is 0.145 e. The average molecular weight is 594 g/mol. The van der Waals surface area contributed by atoms with Crippen LogP contribution in [0.1, 0.15) is 0 Å². The van der Waals surface area contributed by atoms with Crippen LogP contribution in [-0.2, 0) is 0 Å². The Morgan fingerprint density at radius 1 is 0.444 bits per heavy atom. The number of anilines is 3. The predicted octanol–water partition coefficient (Wildman–Crippen LogP) is 11.5. The predicted molar refractivity (Wildman–Crippen MR) is 189 cm³/mol. The standard InChI is InChI=1S/C41H27N3S/c1-4-12-29(13-5-1)37-26-27-38(45-37)30-24-22-28(23-25-30)33-18-10-20-35-39(33)43(32-16-8-3-9-17-32)36-21-11-19-34-40(36)44(35)41(42-34)31-14-6-2-7-15-31/h1-27H. The van der Waals surface area contributed by atoms with Gasteiger partial charge in [-0.25, -0.2) is 4.98 Å². The molecule has 45 heavy (non-hydrogen) atoms. The fourth-order valence-electron chi connectivity index (χ4n) is 6.51. The number of imidazole rings is 1.